The molecule has 0 spiro atoms. The first-order chi connectivity index (χ1) is 11.0. The van der Waals surface area contributed by atoms with Crippen LogP contribution in [0.4, 0.5) is 30.7 Å². The number of carboxylic acid groups (broad SMARTS) is 2. The van der Waals surface area contributed by atoms with Gasteiger partial charge in [-0.05, 0) is 0 Å². The van der Waals surface area contributed by atoms with Crippen LogP contribution in [0.5, 0.6) is 0 Å². The minimum atomic E-state index is -6.41. The number of rotatable bonds is 7. The quantitative estimate of drug-likeness (QED) is 0.655. The Morgan fingerprint density at radius 1 is 0.800 bits per heavy atom. The zero-order valence-electron chi connectivity index (χ0n) is 13.0. The Balaban J connectivity index is 0. The SMILES string of the molecule is CN(C)C(=O)CCC(=O)O.O=C(O)CCC(F)(F)C(F)(F)C(F)(F)F. The molecule has 0 atom stereocenters. The molecule has 13 heteroatoms. The smallest absolute Gasteiger partial charge is 0.459 e. The normalized spacial score (nSPS) is 12.0. The van der Waals surface area contributed by atoms with Gasteiger partial charge >= 0.3 is 30.0 Å². The van der Waals surface area contributed by atoms with Crippen molar-refractivity contribution in [3.63, 3.8) is 0 Å². The van der Waals surface area contributed by atoms with E-state index in [1.807, 2.05) is 0 Å². The van der Waals surface area contributed by atoms with Crippen LogP contribution >= 0.6 is 0 Å². The molecule has 25 heavy (non-hydrogen) atoms. The molecule has 0 radical (unpaired) electrons. The minimum Gasteiger partial charge on any atom is -0.481 e. The lowest BCUT2D eigenvalue weighted by atomic mass is 10.1. The predicted octanol–water partition coefficient (Wildman–Crippen LogP) is 2.62. The number of halogens is 7. The second-order valence-electron chi connectivity index (χ2n) is 4.85. The summed E-state index contributed by atoms with van der Waals surface area (Å²) < 4.78 is 83.3. The van der Waals surface area contributed by atoms with Gasteiger partial charge in [0, 0.05) is 26.9 Å². The molecule has 0 heterocycles. The fraction of sp³-hybridized carbons (Fsp3) is 0.750. The second-order valence-corrected chi connectivity index (χ2v) is 4.85. The third-order valence-electron chi connectivity index (χ3n) is 2.52. The summed E-state index contributed by atoms with van der Waals surface area (Å²) in [5, 5.41) is 16.1. The maximum atomic E-state index is 12.3. The van der Waals surface area contributed by atoms with E-state index in [0.29, 0.717) is 0 Å². The summed E-state index contributed by atoms with van der Waals surface area (Å²) in [5.74, 6) is -14.6. The van der Waals surface area contributed by atoms with Crippen LogP contribution in [0, 0.1) is 0 Å². The van der Waals surface area contributed by atoms with Crippen LogP contribution in [-0.4, -0.2) is 65.1 Å². The number of hydrogen-bond donors (Lipinski definition) is 2. The summed E-state index contributed by atoms with van der Waals surface area (Å²) in [5.41, 5.74) is 0. The van der Waals surface area contributed by atoms with Gasteiger partial charge in [-0.15, -0.1) is 0 Å². The van der Waals surface area contributed by atoms with Gasteiger partial charge in [0.15, 0.2) is 0 Å². The van der Waals surface area contributed by atoms with E-state index in [4.69, 9.17) is 10.2 Å². The Morgan fingerprint density at radius 3 is 1.48 bits per heavy atom. The van der Waals surface area contributed by atoms with Crippen molar-refractivity contribution in [1.29, 1.82) is 0 Å². The van der Waals surface area contributed by atoms with Crippen LogP contribution in [0.15, 0.2) is 0 Å². The molecule has 2 N–H and O–H groups in total. The van der Waals surface area contributed by atoms with Gasteiger partial charge in [-0.3, -0.25) is 14.4 Å². The van der Waals surface area contributed by atoms with Gasteiger partial charge in [0.05, 0.1) is 12.8 Å². The summed E-state index contributed by atoms with van der Waals surface area (Å²) in [6, 6.07) is 0. The van der Waals surface area contributed by atoms with Crippen LogP contribution in [-0.2, 0) is 14.4 Å². The van der Waals surface area contributed by atoms with Gasteiger partial charge in [0.2, 0.25) is 5.91 Å². The Labute approximate surface area is 137 Å². The number of carboxylic acids is 2. The molecule has 0 bridgehead atoms. The van der Waals surface area contributed by atoms with E-state index in [2.05, 4.69) is 0 Å². The number of alkyl halides is 7. The molecule has 0 saturated heterocycles. The van der Waals surface area contributed by atoms with E-state index in [0.717, 1.165) is 0 Å². The van der Waals surface area contributed by atoms with Gasteiger partial charge in [0.1, 0.15) is 0 Å². The zero-order valence-corrected chi connectivity index (χ0v) is 13.0. The highest BCUT2D eigenvalue weighted by Crippen LogP contribution is 2.48. The average Bonchev–Trinajstić information content (AvgIpc) is 2.41. The lowest BCUT2D eigenvalue weighted by Crippen LogP contribution is -2.52. The predicted molar refractivity (Wildman–Crippen MR) is 68.4 cm³/mol. The van der Waals surface area contributed by atoms with Crippen LogP contribution in [0.2, 0.25) is 0 Å². The molecule has 0 rings (SSSR count). The molecular formula is C12H16F7NO5. The molecule has 0 saturated carbocycles. The van der Waals surface area contributed by atoms with Crippen molar-refractivity contribution in [1.82, 2.24) is 4.90 Å². The third kappa shape index (κ3) is 9.10. The molecule has 0 fully saturated rings. The largest absolute Gasteiger partial charge is 0.481 e. The molecule has 148 valence electrons. The Bertz CT molecular complexity index is 477. The molecule has 0 aliphatic carbocycles. The summed E-state index contributed by atoms with van der Waals surface area (Å²) in [6.45, 7) is 0. The molecule has 1 amide bonds. The summed E-state index contributed by atoms with van der Waals surface area (Å²) in [4.78, 5) is 31.8. The minimum absolute atomic E-state index is 0.0856. The van der Waals surface area contributed by atoms with Crippen LogP contribution in [0.3, 0.4) is 0 Å². The first-order valence-electron chi connectivity index (χ1n) is 6.41. The molecule has 0 unspecified atom stereocenters. The zero-order chi connectivity index (χ0) is 20.6. The molecular weight excluding hydrogens is 371 g/mol. The van der Waals surface area contributed by atoms with E-state index in [1.165, 1.54) is 4.90 Å². The standard InChI is InChI=1S/C6H5F7O2.C6H11NO3/c7-4(8,2-1-3(14)15)5(9,10)6(11,12)13;1-7(2)5(8)3-4-6(9)10/h1-2H2,(H,14,15);3-4H2,1-2H3,(H,9,10). The molecule has 6 nitrogen and oxygen atoms in total. The van der Waals surface area contributed by atoms with E-state index in [1.54, 1.807) is 14.1 Å². The summed E-state index contributed by atoms with van der Waals surface area (Å²) in [6.07, 6.45) is -9.96. The van der Waals surface area contributed by atoms with Crippen LogP contribution < -0.4 is 0 Å². The van der Waals surface area contributed by atoms with Gasteiger partial charge < -0.3 is 15.1 Å². The summed E-state index contributed by atoms with van der Waals surface area (Å²) in [7, 11) is 3.20. The van der Waals surface area contributed by atoms with E-state index >= 15 is 0 Å². The molecule has 0 aliphatic heterocycles. The van der Waals surface area contributed by atoms with Crippen LogP contribution in [0.25, 0.3) is 0 Å². The maximum absolute atomic E-state index is 12.3. The fourth-order valence-electron chi connectivity index (χ4n) is 1.07. The number of aliphatic carboxylic acids is 2. The van der Waals surface area contributed by atoms with Crippen molar-refractivity contribution >= 4 is 17.8 Å². The molecule has 0 aromatic heterocycles. The lowest BCUT2D eigenvalue weighted by Gasteiger charge is -2.27. The van der Waals surface area contributed by atoms with E-state index < -0.39 is 42.8 Å². The Morgan fingerprint density at radius 2 is 1.20 bits per heavy atom. The van der Waals surface area contributed by atoms with Gasteiger partial charge in [-0.2, -0.15) is 30.7 Å². The Kier molecular flexibility index (Phi) is 9.48. The highest BCUT2D eigenvalue weighted by Gasteiger charge is 2.72. The molecule has 0 aliphatic rings. The number of hydrogen-bond acceptors (Lipinski definition) is 3. The number of carbonyl (C=O) groups is 3. The second kappa shape index (κ2) is 9.42. The summed E-state index contributed by atoms with van der Waals surface area (Å²) >= 11 is 0. The van der Waals surface area contributed by atoms with Crippen molar-refractivity contribution in [2.24, 2.45) is 0 Å². The third-order valence-corrected chi connectivity index (χ3v) is 2.52. The first kappa shape index (κ1) is 25.2. The number of amides is 1. The van der Waals surface area contributed by atoms with Crippen molar-refractivity contribution in [2.45, 2.75) is 43.7 Å². The number of carbonyl (C=O) groups excluding carboxylic acids is 1. The number of nitrogens with zero attached hydrogens (tertiary/aromatic N) is 1. The van der Waals surface area contributed by atoms with Crippen molar-refractivity contribution in [2.75, 3.05) is 14.1 Å². The van der Waals surface area contributed by atoms with Crippen LogP contribution in [0.1, 0.15) is 25.7 Å². The van der Waals surface area contributed by atoms with E-state index in [9.17, 15) is 45.1 Å². The Hall–Kier alpha value is -2.08. The average molecular weight is 387 g/mol. The highest BCUT2D eigenvalue weighted by molar-refractivity contribution is 5.80. The van der Waals surface area contributed by atoms with Crippen molar-refractivity contribution in [3.8, 4) is 0 Å². The fourth-order valence-corrected chi connectivity index (χ4v) is 1.07. The maximum Gasteiger partial charge on any atom is 0.459 e. The molecule has 0 aromatic carbocycles. The monoisotopic (exact) mass is 387 g/mol. The van der Waals surface area contributed by atoms with Gasteiger partial charge in [-0.25, -0.2) is 0 Å². The van der Waals surface area contributed by atoms with Crippen molar-refractivity contribution < 1.29 is 55.3 Å². The highest BCUT2D eigenvalue weighted by atomic mass is 19.4. The molecule has 0 aromatic rings. The van der Waals surface area contributed by atoms with E-state index in [-0.39, 0.29) is 18.7 Å². The first-order valence-corrected chi connectivity index (χ1v) is 6.41. The lowest BCUT2D eigenvalue weighted by molar-refractivity contribution is -0.355. The van der Waals surface area contributed by atoms with Crippen molar-refractivity contribution in [3.05, 3.63) is 0 Å². The van der Waals surface area contributed by atoms with Gasteiger partial charge in [0.25, 0.3) is 0 Å². The topological polar surface area (TPSA) is 94.9 Å². The van der Waals surface area contributed by atoms with Gasteiger partial charge in [-0.1, -0.05) is 0 Å².